The van der Waals surface area contributed by atoms with Crippen LogP contribution in [0.15, 0.2) is 35.4 Å². The van der Waals surface area contributed by atoms with Gasteiger partial charge in [-0.05, 0) is 169 Å². The van der Waals surface area contributed by atoms with Gasteiger partial charge in [0.1, 0.15) is 9.75 Å². The van der Waals surface area contributed by atoms with Crippen molar-refractivity contribution in [1.82, 2.24) is 0 Å². The van der Waals surface area contributed by atoms with E-state index in [0.29, 0.717) is 40.8 Å². The Labute approximate surface area is 455 Å². The van der Waals surface area contributed by atoms with E-state index in [4.69, 9.17) is 23.7 Å². The zero-order valence-corrected chi connectivity index (χ0v) is 48.3. The average Bonchev–Trinajstić information content (AvgIpc) is 4.21. The zero-order chi connectivity index (χ0) is 54.2. The fourth-order valence-electron chi connectivity index (χ4n) is 11.4. The molecule has 75 heavy (non-hydrogen) atoms. The second-order valence-electron chi connectivity index (χ2n) is 24.1. The number of carboxylic acid groups (broad SMARTS) is 1. The summed E-state index contributed by atoms with van der Waals surface area (Å²) in [6.07, 6.45) is 16.9. The highest BCUT2D eigenvalue weighted by atomic mass is 32.1. The summed E-state index contributed by atoms with van der Waals surface area (Å²) in [5, 5.41) is 10.1. The molecular formula is C61H84N2O10S2. The Bertz CT molecular complexity index is 2510. The van der Waals surface area contributed by atoms with Crippen molar-refractivity contribution in [3.63, 3.8) is 0 Å². The Morgan fingerprint density at radius 2 is 1.01 bits per heavy atom. The molecule has 4 aliphatic carbocycles. The Kier molecular flexibility index (Phi) is 20.2. The van der Waals surface area contributed by atoms with Crippen LogP contribution in [0, 0.1) is 58.2 Å². The Hall–Kier alpha value is -4.28. The van der Waals surface area contributed by atoms with Crippen LogP contribution < -0.4 is 9.80 Å². The Balaban J connectivity index is 0.000000219. The summed E-state index contributed by atoms with van der Waals surface area (Å²) in [6, 6.07) is 3.71. The molecule has 0 bridgehead atoms. The first-order chi connectivity index (χ1) is 35.6. The number of methoxy groups -OCH3 is 1. The monoisotopic (exact) mass is 1070 g/mol. The van der Waals surface area contributed by atoms with Crippen molar-refractivity contribution in [1.29, 1.82) is 0 Å². The normalized spacial score (nSPS) is 28.0. The lowest BCUT2D eigenvalue weighted by atomic mass is 9.79. The van der Waals surface area contributed by atoms with Gasteiger partial charge in [-0.2, -0.15) is 0 Å². The van der Waals surface area contributed by atoms with Crippen LogP contribution in [0.5, 0.6) is 0 Å². The van der Waals surface area contributed by atoms with Crippen LogP contribution in [-0.2, 0) is 33.3 Å². The lowest BCUT2D eigenvalue weighted by molar-refractivity contribution is -0.125. The molecule has 0 radical (unpaired) electrons. The van der Waals surface area contributed by atoms with E-state index in [1.807, 2.05) is 42.7 Å². The minimum atomic E-state index is -1.01. The number of nitrogens with zero attached hydrogens (tertiary/aromatic N) is 2. The van der Waals surface area contributed by atoms with Gasteiger partial charge in [0.25, 0.3) is 0 Å². The maximum absolute atomic E-state index is 14.3. The van der Waals surface area contributed by atoms with Gasteiger partial charge in [0, 0.05) is 48.0 Å². The smallest absolute Gasteiger partial charge is 0.350 e. The van der Waals surface area contributed by atoms with Crippen molar-refractivity contribution < 1.29 is 48.0 Å². The third kappa shape index (κ3) is 15.9. The molecule has 2 aliphatic heterocycles. The molecule has 0 aromatic carbocycles. The van der Waals surface area contributed by atoms with Crippen LogP contribution in [0.1, 0.15) is 188 Å². The molecule has 2 aromatic rings. The minimum Gasteiger partial charge on any atom is -0.477 e. The fourth-order valence-corrected chi connectivity index (χ4v) is 13.2. The molecule has 12 nitrogen and oxygen atoms in total. The van der Waals surface area contributed by atoms with E-state index in [2.05, 4.69) is 84.3 Å². The first-order valence-electron chi connectivity index (χ1n) is 27.7. The van der Waals surface area contributed by atoms with E-state index in [1.54, 1.807) is 0 Å². The molecule has 2 saturated carbocycles. The quantitative estimate of drug-likeness (QED) is 0.124. The fraction of sp³-hybridized carbons (Fsp3) is 0.672. The first-order valence-corrected chi connectivity index (χ1v) is 29.3. The minimum absolute atomic E-state index is 0.00260. The predicted molar refractivity (Wildman–Crippen MR) is 299 cm³/mol. The van der Waals surface area contributed by atoms with Gasteiger partial charge in [0.15, 0.2) is 0 Å². The summed E-state index contributed by atoms with van der Waals surface area (Å²) in [7, 11) is 1.39. The third-order valence-electron chi connectivity index (χ3n) is 15.4. The summed E-state index contributed by atoms with van der Waals surface area (Å²) >= 11 is 2.49. The first kappa shape index (κ1) is 58.4. The van der Waals surface area contributed by atoms with Crippen molar-refractivity contribution in [3.05, 3.63) is 54.9 Å². The van der Waals surface area contributed by atoms with Gasteiger partial charge in [-0.15, -0.1) is 22.7 Å². The van der Waals surface area contributed by atoms with Crippen LogP contribution in [0.3, 0.4) is 0 Å². The van der Waals surface area contributed by atoms with Crippen LogP contribution in [-0.4, -0.2) is 98.9 Å². The summed E-state index contributed by atoms with van der Waals surface area (Å²) in [5.74, 6) is 11.8. The number of carbonyl (C=O) groups excluding carboxylic acids is 3. The number of carbonyl (C=O) groups is 4. The summed E-state index contributed by atoms with van der Waals surface area (Å²) in [4.78, 5) is 59.7. The molecule has 1 N–H and O–H groups in total. The molecule has 2 saturated heterocycles. The topological polar surface area (TPSA) is 141 Å². The number of esters is 1. The number of amides is 2. The van der Waals surface area contributed by atoms with E-state index < -0.39 is 11.9 Å². The van der Waals surface area contributed by atoms with Crippen molar-refractivity contribution in [2.24, 2.45) is 34.5 Å². The molecule has 6 atom stereocenters. The van der Waals surface area contributed by atoms with Gasteiger partial charge in [0.2, 0.25) is 11.8 Å². The maximum atomic E-state index is 14.3. The highest BCUT2D eigenvalue weighted by Crippen LogP contribution is 2.42. The number of ether oxygens (including phenoxy) is 5. The molecule has 4 heterocycles. The molecular weight excluding hydrogens is 985 g/mol. The lowest BCUT2D eigenvalue weighted by Crippen LogP contribution is -2.48. The predicted octanol–water partition coefficient (Wildman–Crippen LogP) is 12.7. The highest BCUT2D eigenvalue weighted by molar-refractivity contribution is 7.15. The second kappa shape index (κ2) is 25.9. The number of rotatable bonds is 12. The zero-order valence-electron chi connectivity index (χ0n) is 46.6. The number of allylic oxidation sites excluding steroid dienone is 4. The van der Waals surface area contributed by atoms with Crippen molar-refractivity contribution in [2.45, 2.75) is 196 Å². The molecule has 0 spiro atoms. The molecule has 14 heteroatoms. The summed E-state index contributed by atoms with van der Waals surface area (Å²) in [5.41, 5.74) is 3.44. The number of carboxylic acids is 1. The summed E-state index contributed by atoms with van der Waals surface area (Å²) in [6.45, 7) is 23.7. The van der Waals surface area contributed by atoms with Crippen LogP contribution in [0.25, 0.3) is 0 Å². The van der Waals surface area contributed by atoms with Gasteiger partial charge >= 0.3 is 11.9 Å². The SMILES string of the molecule is CC1=CCC(C(=O)N(c2cc(C#CC(C)(C)C)sc2C(=O)O)C2CCC(O[C@H]3CCOC3)CC2)[C@@H](C)C1.COC(=O)c1sc(C#CC(C)(C)C)cc1N(C(=O)C1CC=C(C)C[C@@H]1C)C1CCC(O[C@H]2CCOC2)CC1. The van der Waals surface area contributed by atoms with Gasteiger partial charge in [0.05, 0.1) is 65.9 Å². The average molecular weight is 1070 g/mol. The molecule has 410 valence electrons. The van der Waals surface area contributed by atoms with E-state index >= 15 is 0 Å². The number of anilines is 2. The van der Waals surface area contributed by atoms with Gasteiger partial charge in [-0.1, -0.05) is 60.8 Å². The van der Waals surface area contributed by atoms with Gasteiger partial charge < -0.3 is 38.6 Å². The maximum Gasteiger partial charge on any atom is 0.350 e. The van der Waals surface area contributed by atoms with E-state index in [0.717, 1.165) is 102 Å². The third-order valence-corrected chi connectivity index (χ3v) is 17.5. The Morgan fingerprint density at radius 1 is 0.613 bits per heavy atom. The summed E-state index contributed by atoms with van der Waals surface area (Å²) < 4.78 is 28.7. The van der Waals surface area contributed by atoms with E-state index in [9.17, 15) is 24.3 Å². The highest BCUT2D eigenvalue weighted by Gasteiger charge is 2.42. The molecule has 2 unspecified atom stereocenters. The van der Waals surface area contributed by atoms with Crippen molar-refractivity contribution in [2.75, 3.05) is 43.3 Å². The van der Waals surface area contributed by atoms with Crippen LogP contribution >= 0.6 is 22.7 Å². The lowest BCUT2D eigenvalue weighted by Gasteiger charge is -2.40. The number of hydrogen-bond acceptors (Lipinski definition) is 11. The van der Waals surface area contributed by atoms with Crippen LogP contribution in [0.4, 0.5) is 11.4 Å². The standard InChI is InChI=1S/C31H43NO5S.C30H41NO5S/c1-20-7-12-26(21(2)17-20)29(33)32(22-8-10-23(11-9-22)37-24-14-16-36-19-24)27-18-25(13-15-31(3,4)5)38-28(27)30(34)35-6;1-19-6-11-25(20(2)16-19)28(32)31(21-7-9-22(10-8-21)36-23-13-15-35-18-23)26-17-24(12-14-30(3,4)5)37-27(26)29(33)34/h7,18,21-24,26H,8-12,14,16-17,19H2,1-6H3;6,17,20-23,25H,7-11,13,15-16,18H2,1-5H3,(H,33,34)/t21-,22?,23?,24-,26?;20-,21?,22?,23-,25?/m00/s1. The van der Waals surface area contributed by atoms with Gasteiger partial charge in [-0.3, -0.25) is 9.59 Å². The van der Waals surface area contributed by atoms with Gasteiger partial charge in [-0.25, -0.2) is 9.59 Å². The molecule has 6 aliphatic rings. The molecule has 2 aromatic heterocycles. The van der Waals surface area contributed by atoms with E-state index in [1.165, 1.54) is 40.9 Å². The largest absolute Gasteiger partial charge is 0.477 e. The molecule has 8 rings (SSSR count). The number of aromatic carboxylic acids is 1. The second-order valence-corrected chi connectivity index (χ2v) is 26.2. The number of hydrogen-bond donors (Lipinski definition) is 1. The van der Waals surface area contributed by atoms with Crippen LogP contribution in [0.2, 0.25) is 0 Å². The molecule has 2 amide bonds. The Morgan fingerprint density at radius 3 is 1.36 bits per heavy atom. The van der Waals surface area contributed by atoms with Crippen molar-refractivity contribution in [3.8, 4) is 23.7 Å². The number of thiophene rings is 2. The van der Waals surface area contributed by atoms with Crippen molar-refractivity contribution >= 4 is 57.8 Å². The van der Waals surface area contributed by atoms with E-state index in [-0.39, 0.29) is 87.7 Å². The molecule has 4 fully saturated rings.